The highest BCUT2D eigenvalue weighted by Gasteiger charge is 2.14. The van der Waals surface area contributed by atoms with E-state index in [-0.39, 0.29) is 4.90 Å². The fourth-order valence-corrected chi connectivity index (χ4v) is 4.72. The van der Waals surface area contributed by atoms with Gasteiger partial charge >= 0.3 is 0 Å². The van der Waals surface area contributed by atoms with Crippen molar-refractivity contribution >= 4 is 31.6 Å². The summed E-state index contributed by atoms with van der Waals surface area (Å²) in [5.41, 5.74) is 3.29. The Morgan fingerprint density at radius 1 is 1.09 bits per heavy atom. The molecule has 0 amide bonds. The summed E-state index contributed by atoms with van der Waals surface area (Å²) in [4.78, 5) is 0.688. The van der Waals surface area contributed by atoms with E-state index in [1.54, 1.807) is 30.3 Å². The molecule has 0 aliphatic carbocycles. The molecule has 0 N–H and O–H groups in total. The summed E-state index contributed by atoms with van der Waals surface area (Å²) in [5.74, 6) is 0. The Bertz CT molecular complexity index is 1010. The van der Waals surface area contributed by atoms with E-state index in [2.05, 4.69) is 10.5 Å². The molecule has 2 aromatic carbocycles. The van der Waals surface area contributed by atoms with Crippen molar-refractivity contribution in [2.75, 3.05) is 0 Å². The normalized spacial score (nSPS) is 13.0. The SMILES string of the molecule is Cc1cc(C)c2s/c(=N\S(=O)(=O)c3ccccc3)n(C)c2c1. The van der Waals surface area contributed by atoms with Crippen LogP contribution >= 0.6 is 11.3 Å². The molecule has 114 valence electrons. The molecule has 3 aromatic rings. The van der Waals surface area contributed by atoms with Gasteiger partial charge in [-0.1, -0.05) is 35.6 Å². The van der Waals surface area contributed by atoms with Crippen LogP contribution in [0.3, 0.4) is 0 Å². The second-order valence-electron chi connectivity index (χ2n) is 5.25. The van der Waals surface area contributed by atoms with Gasteiger partial charge in [0.2, 0.25) is 4.80 Å². The number of hydrogen-bond acceptors (Lipinski definition) is 3. The number of sulfonamides is 1. The van der Waals surface area contributed by atoms with Crippen molar-refractivity contribution in [1.29, 1.82) is 0 Å². The molecule has 0 bridgehead atoms. The zero-order chi connectivity index (χ0) is 15.9. The van der Waals surface area contributed by atoms with E-state index in [0.717, 1.165) is 21.3 Å². The van der Waals surface area contributed by atoms with Crippen LogP contribution in [0.5, 0.6) is 0 Å². The number of rotatable bonds is 2. The van der Waals surface area contributed by atoms with Crippen molar-refractivity contribution in [3.8, 4) is 0 Å². The third-order valence-electron chi connectivity index (χ3n) is 3.48. The quantitative estimate of drug-likeness (QED) is 0.724. The van der Waals surface area contributed by atoms with Gasteiger partial charge in [-0.3, -0.25) is 0 Å². The van der Waals surface area contributed by atoms with E-state index < -0.39 is 10.0 Å². The molecule has 1 heterocycles. The highest BCUT2D eigenvalue weighted by atomic mass is 32.2. The van der Waals surface area contributed by atoms with Gasteiger partial charge < -0.3 is 4.57 Å². The van der Waals surface area contributed by atoms with Gasteiger partial charge in [-0.05, 0) is 43.2 Å². The predicted molar refractivity (Wildman–Crippen MR) is 89.5 cm³/mol. The maximum absolute atomic E-state index is 12.4. The van der Waals surface area contributed by atoms with Crippen LogP contribution in [0.2, 0.25) is 0 Å². The number of aromatic nitrogens is 1. The lowest BCUT2D eigenvalue weighted by atomic mass is 10.1. The first-order chi connectivity index (χ1) is 10.4. The Kier molecular flexibility index (Phi) is 3.66. The average Bonchev–Trinajstić information content (AvgIpc) is 2.77. The molecule has 0 atom stereocenters. The first kappa shape index (κ1) is 15.0. The summed E-state index contributed by atoms with van der Waals surface area (Å²) in [6, 6.07) is 12.4. The van der Waals surface area contributed by atoms with Crippen LogP contribution in [0.1, 0.15) is 11.1 Å². The summed E-state index contributed by atoms with van der Waals surface area (Å²) in [7, 11) is -1.85. The first-order valence-electron chi connectivity index (χ1n) is 6.81. The van der Waals surface area contributed by atoms with E-state index in [4.69, 9.17) is 0 Å². The van der Waals surface area contributed by atoms with Gasteiger partial charge in [-0.2, -0.15) is 8.42 Å². The summed E-state index contributed by atoms with van der Waals surface area (Å²) >= 11 is 1.40. The van der Waals surface area contributed by atoms with Crippen molar-refractivity contribution in [3.05, 3.63) is 58.4 Å². The third-order valence-corrected chi connectivity index (χ3v) is 6.16. The number of aryl methyl sites for hydroxylation is 3. The van der Waals surface area contributed by atoms with Crippen molar-refractivity contribution in [1.82, 2.24) is 4.57 Å². The third kappa shape index (κ3) is 2.60. The monoisotopic (exact) mass is 332 g/mol. The van der Waals surface area contributed by atoms with Crippen LogP contribution < -0.4 is 4.80 Å². The molecular formula is C16H16N2O2S2. The minimum atomic E-state index is -3.69. The van der Waals surface area contributed by atoms with E-state index >= 15 is 0 Å². The molecule has 0 fully saturated rings. The predicted octanol–water partition coefficient (Wildman–Crippen LogP) is 3.15. The zero-order valence-corrected chi connectivity index (χ0v) is 14.2. The van der Waals surface area contributed by atoms with Gasteiger partial charge in [-0.25, -0.2) is 0 Å². The Morgan fingerprint density at radius 2 is 1.77 bits per heavy atom. The molecule has 3 rings (SSSR count). The number of hydrogen-bond donors (Lipinski definition) is 0. The standard InChI is InChI=1S/C16H16N2O2S2/c1-11-9-12(2)15-14(10-11)18(3)16(21-15)17-22(19,20)13-7-5-4-6-8-13/h4-10H,1-3H3/b17-16-. The lowest BCUT2D eigenvalue weighted by Crippen LogP contribution is -2.13. The van der Waals surface area contributed by atoms with E-state index in [1.807, 2.05) is 31.5 Å². The second-order valence-corrected chi connectivity index (χ2v) is 7.83. The lowest BCUT2D eigenvalue weighted by molar-refractivity contribution is 0.596. The Labute approximate surface area is 133 Å². The van der Waals surface area contributed by atoms with E-state index in [9.17, 15) is 8.42 Å². The lowest BCUT2D eigenvalue weighted by Gasteiger charge is -2.00. The van der Waals surface area contributed by atoms with Crippen molar-refractivity contribution in [2.24, 2.45) is 11.4 Å². The second kappa shape index (κ2) is 5.37. The minimum absolute atomic E-state index is 0.209. The highest BCUT2D eigenvalue weighted by molar-refractivity contribution is 7.90. The van der Waals surface area contributed by atoms with Gasteiger partial charge in [0.1, 0.15) is 0 Å². The maximum Gasteiger partial charge on any atom is 0.285 e. The molecule has 0 unspecified atom stereocenters. The molecular weight excluding hydrogens is 316 g/mol. The van der Waals surface area contributed by atoms with E-state index in [1.165, 1.54) is 11.3 Å². The van der Waals surface area contributed by atoms with Gasteiger partial charge in [0.15, 0.2) is 0 Å². The molecule has 1 aromatic heterocycles. The molecule has 0 saturated heterocycles. The van der Waals surface area contributed by atoms with Crippen LogP contribution in [-0.2, 0) is 17.1 Å². The van der Waals surface area contributed by atoms with Crippen molar-refractivity contribution < 1.29 is 8.42 Å². The Balaban J connectivity index is 2.27. The number of benzene rings is 2. The smallest absolute Gasteiger partial charge is 0.285 e. The van der Waals surface area contributed by atoms with Gasteiger partial charge in [0, 0.05) is 7.05 Å². The molecule has 0 aliphatic heterocycles. The summed E-state index contributed by atoms with van der Waals surface area (Å²) < 4.78 is 31.7. The molecule has 0 radical (unpaired) electrons. The number of fused-ring (bicyclic) bond motifs is 1. The molecule has 22 heavy (non-hydrogen) atoms. The molecule has 6 heteroatoms. The van der Waals surface area contributed by atoms with Crippen molar-refractivity contribution in [3.63, 3.8) is 0 Å². The Morgan fingerprint density at radius 3 is 2.45 bits per heavy atom. The number of thiazole rings is 1. The van der Waals surface area contributed by atoms with E-state index in [0.29, 0.717) is 4.80 Å². The van der Waals surface area contributed by atoms with Crippen LogP contribution in [-0.4, -0.2) is 13.0 Å². The number of nitrogens with zero attached hydrogens (tertiary/aromatic N) is 2. The van der Waals surface area contributed by atoms with Crippen LogP contribution in [0, 0.1) is 13.8 Å². The average molecular weight is 332 g/mol. The molecule has 0 saturated carbocycles. The summed E-state index contributed by atoms with van der Waals surface area (Å²) in [6.45, 7) is 4.06. The fourth-order valence-electron chi connectivity index (χ4n) is 2.40. The maximum atomic E-state index is 12.4. The summed E-state index contributed by atoms with van der Waals surface area (Å²) in [5, 5.41) is 0. The zero-order valence-electron chi connectivity index (χ0n) is 12.6. The van der Waals surface area contributed by atoms with Crippen LogP contribution in [0.15, 0.2) is 51.8 Å². The largest absolute Gasteiger partial charge is 0.319 e. The summed E-state index contributed by atoms with van der Waals surface area (Å²) in [6.07, 6.45) is 0. The van der Waals surface area contributed by atoms with Crippen LogP contribution in [0.25, 0.3) is 10.2 Å². The fraction of sp³-hybridized carbons (Fsp3) is 0.188. The topological polar surface area (TPSA) is 51.4 Å². The van der Waals surface area contributed by atoms with Gasteiger partial charge in [-0.15, -0.1) is 4.40 Å². The van der Waals surface area contributed by atoms with Gasteiger partial charge in [0.05, 0.1) is 15.1 Å². The molecule has 0 spiro atoms. The van der Waals surface area contributed by atoms with Crippen LogP contribution in [0.4, 0.5) is 0 Å². The first-order valence-corrected chi connectivity index (χ1v) is 9.07. The van der Waals surface area contributed by atoms with Gasteiger partial charge in [0.25, 0.3) is 10.0 Å². The molecule has 4 nitrogen and oxygen atoms in total. The highest BCUT2D eigenvalue weighted by Crippen LogP contribution is 2.23. The molecule has 0 aliphatic rings. The minimum Gasteiger partial charge on any atom is -0.319 e. The van der Waals surface area contributed by atoms with Crippen molar-refractivity contribution in [2.45, 2.75) is 18.7 Å². The Hall–Kier alpha value is -1.92.